The highest BCUT2D eigenvalue weighted by atomic mass is 127. The zero-order valence-corrected chi connectivity index (χ0v) is 12.4. The first-order valence-electron chi connectivity index (χ1n) is 5.66. The summed E-state index contributed by atoms with van der Waals surface area (Å²) in [6.45, 7) is 0.240. The highest BCUT2D eigenvalue weighted by Gasteiger charge is 2.16. The van der Waals surface area contributed by atoms with Gasteiger partial charge in [-0.3, -0.25) is 10.1 Å². The second-order valence-corrected chi connectivity index (χ2v) is 5.21. The maximum absolute atomic E-state index is 11.0. The van der Waals surface area contributed by atoms with Crippen molar-refractivity contribution in [2.45, 2.75) is 6.61 Å². The lowest BCUT2D eigenvalue weighted by molar-refractivity contribution is -0.386. The molecule has 2 aromatic rings. The van der Waals surface area contributed by atoms with Gasteiger partial charge in [-0.15, -0.1) is 0 Å². The Balaban J connectivity index is 2.19. The van der Waals surface area contributed by atoms with Crippen molar-refractivity contribution in [1.82, 2.24) is 0 Å². The van der Waals surface area contributed by atoms with Crippen LogP contribution >= 0.6 is 22.6 Å². The number of nitriles is 1. The predicted octanol–water partition coefficient (Wildman–Crippen LogP) is 3.65. The Morgan fingerprint density at radius 3 is 2.55 bits per heavy atom. The summed E-state index contributed by atoms with van der Waals surface area (Å²) < 4.78 is 6.58. The molecule has 0 aliphatic carbocycles. The first-order valence-corrected chi connectivity index (χ1v) is 6.74. The van der Waals surface area contributed by atoms with E-state index in [0.29, 0.717) is 0 Å². The van der Waals surface area contributed by atoms with Gasteiger partial charge in [0.05, 0.1) is 16.6 Å². The fourth-order valence-electron chi connectivity index (χ4n) is 1.59. The number of nitro groups is 1. The Bertz CT molecular complexity index is 678. The van der Waals surface area contributed by atoms with Crippen molar-refractivity contribution in [3.05, 3.63) is 67.3 Å². The largest absolute Gasteiger partial charge is 0.482 e. The van der Waals surface area contributed by atoms with Gasteiger partial charge >= 0.3 is 5.69 Å². The normalized spacial score (nSPS) is 9.80. The molecule has 20 heavy (non-hydrogen) atoms. The van der Waals surface area contributed by atoms with Gasteiger partial charge in [-0.1, -0.05) is 12.1 Å². The number of ether oxygens (including phenoxy) is 1. The van der Waals surface area contributed by atoms with Crippen LogP contribution in [0.15, 0.2) is 42.5 Å². The summed E-state index contributed by atoms with van der Waals surface area (Å²) >= 11 is 2.20. The minimum atomic E-state index is -0.551. The van der Waals surface area contributed by atoms with E-state index in [-0.39, 0.29) is 23.6 Å². The Kier molecular flexibility index (Phi) is 4.53. The smallest absolute Gasteiger partial charge is 0.312 e. The molecule has 0 N–H and O–H groups in total. The molecule has 0 saturated carbocycles. The number of halogens is 1. The highest BCUT2D eigenvalue weighted by molar-refractivity contribution is 14.1. The quantitative estimate of drug-likeness (QED) is 0.461. The van der Waals surface area contributed by atoms with Crippen LogP contribution in [0.1, 0.15) is 11.1 Å². The molecule has 0 aliphatic heterocycles. The third-order valence-electron chi connectivity index (χ3n) is 2.59. The van der Waals surface area contributed by atoms with Gasteiger partial charge in [0.25, 0.3) is 0 Å². The lowest BCUT2D eigenvalue weighted by atomic mass is 10.2. The average molecular weight is 380 g/mol. The van der Waals surface area contributed by atoms with Gasteiger partial charge in [-0.05, 0) is 52.4 Å². The Morgan fingerprint density at radius 1 is 1.25 bits per heavy atom. The third-order valence-corrected chi connectivity index (χ3v) is 3.31. The molecular formula is C14H9IN2O3. The second kappa shape index (κ2) is 6.34. The van der Waals surface area contributed by atoms with E-state index in [0.717, 1.165) is 9.13 Å². The number of benzene rings is 2. The van der Waals surface area contributed by atoms with E-state index in [1.165, 1.54) is 18.2 Å². The summed E-state index contributed by atoms with van der Waals surface area (Å²) in [6, 6.07) is 13.7. The summed E-state index contributed by atoms with van der Waals surface area (Å²) in [5.74, 6) is 0.160. The van der Waals surface area contributed by atoms with Crippen molar-refractivity contribution in [1.29, 1.82) is 5.26 Å². The number of rotatable bonds is 4. The van der Waals surface area contributed by atoms with E-state index in [1.807, 2.05) is 30.3 Å². The average Bonchev–Trinajstić information content (AvgIpc) is 2.46. The standard InChI is InChI=1S/C14H9IN2O3/c15-12-4-1-10(2-5-12)9-20-14-6-3-11(8-16)7-13(14)17(18)19/h1-7H,9H2. The highest BCUT2D eigenvalue weighted by Crippen LogP contribution is 2.28. The van der Waals surface area contributed by atoms with Crippen molar-refractivity contribution in [2.75, 3.05) is 0 Å². The van der Waals surface area contributed by atoms with Crippen molar-refractivity contribution < 1.29 is 9.66 Å². The van der Waals surface area contributed by atoms with Crippen LogP contribution in [0, 0.1) is 25.0 Å². The molecule has 0 heterocycles. The van der Waals surface area contributed by atoms with Crippen molar-refractivity contribution >= 4 is 28.3 Å². The second-order valence-electron chi connectivity index (χ2n) is 3.97. The van der Waals surface area contributed by atoms with E-state index in [2.05, 4.69) is 22.6 Å². The monoisotopic (exact) mass is 380 g/mol. The van der Waals surface area contributed by atoms with Crippen molar-refractivity contribution in [3.8, 4) is 11.8 Å². The van der Waals surface area contributed by atoms with Crippen LogP contribution in [0.2, 0.25) is 0 Å². The SMILES string of the molecule is N#Cc1ccc(OCc2ccc(I)cc2)c([N+](=O)[O-])c1. The molecule has 0 atom stereocenters. The third kappa shape index (κ3) is 3.45. The van der Waals surface area contributed by atoms with Crippen LogP contribution in [-0.4, -0.2) is 4.92 Å². The molecule has 0 saturated heterocycles. The molecule has 100 valence electrons. The molecule has 2 rings (SSSR count). The van der Waals surface area contributed by atoms with Gasteiger partial charge < -0.3 is 4.74 Å². The number of nitrogens with zero attached hydrogens (tertiary/aromatic N) is 2. The summed E-state index contributed by atoms with van der Waals surface area (Å²) in [5.41, 5.74) is 0.956. The van der Waals surface area contributed by atoms with Gasteiger partial charge in [0, 0.05) is 9.64 Å². The van der Waals surface area contributed by atoms with Crippen LogP contribution in [0.4, 0.5) is 5.69 Å². The molecule has 0 aromatic heterocycles. The van der Waals surface area contributed by atoms with E-state index in [9.17, 15) is 10.1 Å². The Labute approximate surface area is 129 Å². The fourth-order valence-corrected chi connectivity index (χ4v) is 1.95. The minimum Gasteiger partial charge on any atom is -0.482 e. The number of hydrogen-bond donors (Lipinski definition) is 0. The molecule has 2 aromatic carbocycles. The van der Waals surface area contributed by atoms with Gasteiger partial charge in [-0.25, -0.2) is 0 Å². The maximum Gasteiger partial charge on any atom is 0.312 e. The van der Waals surface area contributed by atoms with Crippen LogP contribution in [0.5, 0.6) is 5.75 Å². The van der Waals surface area contributed by atoms with Gasteiger partial charge in [-0.2, -0.15) is 5.26 Å². The van der Waals surface area contributed by atoms with Crippen LogP contribution in [-0.2, 0) is 6.61 Å². The molecule has 0 amide bonds. The number of nitro benzene ring substituents is 1. The first kappa shape index (κ1) is 14.3. The van der Waals surface area contributed by atoms with Gasteiger partial charge in [0.15, 0.2) is 5.75 Å². The number of hydrogen-bond acceptors (Lipinski definition) is 4. The molecule has 6 heteroatoms. The molecule has 0 fully saturated rings. The summed E-state index contributed by atoms with van der Waals surface area (Å²) in [7, 11) is 0. The maximum atomic E-state index is 11.0. The van der Waals surface area contributed by atoms with Crippen molar-refractivity contribution in [2.24, 2.45) is 0 Å². The zero-order valence-electron chi connectivity index (χ0n) is 10.2. The molecule has 0 spiro atoms. The van der Waals surface area contributed by atoms with E-state index >= 15 is 0 Å². The predicted molar refractivity (Wildman–Crippen MR) is 81.3 cm³/mol. The summed E-state index contributed by atoms with van der Waals surface area (Å²) in [6.07, 6.45) is 0. The van der Waals surface area contributed by atoms with Crippen LogP contribution in [0.25, 0.3) is 0 Å². The van der Waals surface area contributed by atoms with E-state index < -0.39 is 4.92 Å². The summed E-state index contributed by atoms with van der Waals surface area (Å²) in [4.78, 5) is 10.4. The summed E-state index contributed by atoms with van der Waals surface area (Å²) in [5, 5.41) is 19.7. The van der Waals surface area contributed by atoms with E-state index in [4.69, 9.17) is 10.00 Å². The molecule has 0 unspecified atom stereocenters. The van der Waals surface area contributed by atoms with Gasteiger partial charge in [0.1, 0.15) is 6.61 Å². The van der Waals surface area contributed by atoms with Crippen LogP contribution < -0.4 is 4.74 Å². The topological polar surface area (TPSA) is 76.2 Å². The fraction of sp³-hybridized carbons (Fsp3) is 0.0714. The molecule has 0 bridgehead atoms. The van der Waals surface area contributed by atoms with Gasteiger partial charge in [0.2, 0.25) is 0 Å². The van der Waals surface area contributed by atoms with Crippen LogP contribution in [0.3, 0.4) is 0 Å². The molecule has 5 nitrogen and oxygen atoms in total. The Hall–Kier alpha value is -2.14. The molecule has 0 aliphatic rings. The van der Waals surface area contributed by atoms with E-state index in [1.54, 1.807) is 0 Å². The minimum absolute atomic E-state index is 0.160. The molecule has 0 radical (unpaired) electrons. The lowest BCUT2D eigenvalue weighted by Gasteiger charge is -2.07. The molecular weight excluding hydrogens is 371 g/mol. The lowest BCUT2D eigenvalue weighted by Crippen LogP contribution is -1.99. The zero-order chi connectivity index (χ0) is 14.5. The first-order chi connectivity index (χ1) is 9.60. The Morgan fingerprint density at radius 2 is 1.95 bits per heavy atom. The van der Waals surface area contributed by atoms with Crippen molar-refractivity contribution in [3.63, 3.8) is 0 Å².